The van der Waals surface area contributed by atoms with Gasteiger partial charge < -0.3 is 15.3 Å². The third-order valence-corrected chi connectivity index (χ3v) is 8.65. The lowest BCUT2D eigenvalue weighted by Gasteiger charge is -2.09. The van der Waals surface area contributed by atoms with Gasteiger partial charge >= 0.3 is 5.69 Å². The van der Waals surface area contributed by atoms with Crippen molar-refractivity contribution in [3.63, 3.8) is 0 Å². The molecule has 5 aromatic rings. The monoisotopic (exact) mass is 729 g/mol. The molecule has 5 N–H and O–H groups in total. The summed E-state index contributed by atoms with van der Waals surface area (Å²) in [5.41, 5.74) is -4.72. The first-order chi connectivity index (χ1) is 23.3. The molecule has 0 aromatic heterocycles. The number of rotatable bonds is 9. The number of nitrogens with zero attached hydrogens (tertiary/aromatic N) is 7. The van der Waals surface area contributed by atoms with Gasteiger partial charge in [0.2, 0.25) is 5.69 Å². The zero-order chi connectivity index (χ0) is 36.9. The van der Waals surface area contributed by atoms with Gasteiger partial charge in [-0.3, -0.25) is 39.4 Å². The Morgan fingerprint density at radius 3 is 1.34 bits per heavy atom. The molecule has 50 heavy (non-hydrogen) atoms. The van der Waals surface area contributed by atoms with Crippen LogP contribution in [-0.2, 0) is 20.2 Å². The number of fused-ring (bicyclic) bond motifs is 2. The van der Waals surface area contributed by atoms with Crippen molar-refractivity contribution in [1.82, 2.24) is 0 Å². The molecule has 24 heteroatoms. The predicted molar refractivity (Wildman–Crippen MR) is 167 cm³/mol. The Bertz CT molecular complexity index is 2630. The van der Waals surface area contributed by atoms with Crippen molar-refractivity contribution in [2.24, 2.45) is 20.5 Å². The lowest BCUT2D eigenvalue weighted by molar-refractivity contribution is -0.384. The molecule has 22 nitrogen and oxygen atoms in total. The summed E-state index contributed by atoms with van der Waals surface area (Å²) >= 11 is 0. The number of nitro groups is 3. The van der Waals surface area contributed by atoms with Crippen LogP contribution in [-0.4, -0.2) is 56.0 Å². The third kappa shape index (κ3) is 6.39. The number of aromatic hydroxyl groups is 3. The number of phenolic OH excluding ortho intramolecular Hbond substituents is 3. The van der Waals surface area contributed by atoms with Crippen molar-refractivity contribution in [3.05, 3.63) is 91.0 Å². The average molecular weight is 730 g/mol. The van der Waals surface area contributed by atoms with Gasteiger partial charge in [0, 0.05) is 64.0 Å². The highest BCUT2D eigenvalue weighted by Gasteiger charge is 2.26. The number of phenols is 3. The second kappa shape index (κ2) is 12.4. The van der Waals surface area contributed by atoms with Gasteiger partial charge in [0.15, 0.2) is 5.75 Å². The Morgan fingerprint density at radius 2 is 0.940 bits per heavy atom. The number of nitro benzene ring substituents is 3. The first-order valence-corrected chi connectivity index (χ1v) is 15.8. The molecule has 0 aliphatic heterocycles. The minimum atomic E-state index is -5.07. The Morgan fingerprint density at radius 1 is 0.520 bits per heavy atom. The fourth-order valence-electron chi connectivity index (χ4n) is 4.65. The van der Waals surface area contributed by atoms with E-state index < -0.39 is 113 Å². The summed E-state index contributed by atoms with van der Waals surface area (Å²) in [5.74, 6) is -2.94. The van der Waals surface area contributed by atoms with Crippen LogP contribution >= 0.6 is 0 Å². The minimum absolute atomic E-state index is 0.274. The molecule has 0 unspecified atom stereocenters. The molecular weight excluding hydrogens is 714 g/mol. The van der Waals surface area contributed by atoms with Crippen LogP contribution in [0.15, 0.2) is 90.9 Å². The van der Waals surface area contributed by atoms with Gasteiger partial charge in [0.05, 0.1) is 14.8 Å². The minimum Gasteiger partial charge on any atom is -0.506 e. The van der Waals surface area contributed by atoms with E-state index in [1.165, 1.54) is 0 Å². The van der Waals surface area contributed by atoms with Crippen molar-refractivity contribution in [3.8, 4) is 17.2 Å². The first-order valence-electron chi connectivity index (χ1n) is 13.0. The summed E-state index contributed by atoms with van der Waals surface area (Å²) in [6.07, 6.45) is 0. The van der Waals surface area contributed by atoms with Gasteiger partial charge in [-0.2, -0.15) is 16.8 Å². The summed E-state index contributed by atoms with van der Waals surface area (Å²) in [5, 5.41) is 79.6. The van der Waals surface area contributed by atoms with E-state index in [9.17, 15) is 71.6 Å². The molecule has 0 bridgehead atoms. The topological polar surface area (TPSA) is 348 Å². The van der Waals surface area contributed by atoms with Gasteiger partial charge in [0.1, 0.15) is 38.4 Å². The molecule has 0 heterocycles. The molecule has 5 aromatic carbocycles. The van der Waals surface area contributed by atoms with E-state index in [0.29, 0.717) is 12.1 Å². The molecule has 0 atom stereocenters. The molecule has 0 saturated carbocycles. The molecule has 0 amide bonds. The van der Waals surface area contributed by atoms with Gasteiger partial charge in [-0.15, -0.1) is 20.5 Å². The normalized spacial score (nSPS) is 12.3. The Kier molecular flexibility index (Phi) is 8.55. The van der Waals surface area contributed by atoms with E-state index in [-0.39, 0.29) is 10.8 Å². The molecule has 0 saturated heterocycles. The molecule has 0 radical (unpaired) electrons. The second-order valence-corrected chi connectivity index (χ2v) is 12.6. The predicted octanol–water partition coefficient (Wildman–Crippen LogP) is 6.16. The maximum Gasteiger partial charge on any atom is 0.300 e. The van der Waals surface area contributed by atoms with Crippen LogP contribution in [0.1, 0.15) is 0 Å². The first kappa shape index (κ1) is 34.6. The van der Waals surface area contributed by atoms with Crippen LogP contribution < -0.4 is 0 Å². The van der Waals surface area contributed by atoms with E-state index in [1.807, 2.05) is 0 Å². The second-order valence-electron chi connectivity index (χ2n) is 9.87. The van der Waals surface area contributed by atoms with Crippen LogP contribution in [0.25, 0.3) is 21.5 Å². The van der Waals surface area contributed by atoms with E-state index in [0.717, 1.165) is 48.5 Å². The molecule has 5 rings (SSSR count). The number of hydrogen-bond acceptors (Lipinski definition) is 17. The fourth-order valence-corrected chi connectivity index (χ4v) is 6.07. The molecule has 0 aliphatic carbocycles. The van der Waals surface area contributed by atoms with Crippen molar-refractivity contribution in [2.45, 2.75) is 9.79 Å². The highest BCUT2D eigenvalue weighted by atomic mass is 32.2. The van der Waals surface area contributed by atoms with E-state index >= 15 is 0 Å². The van der Waals surface area contributed by atoms with E-state index in [4.69, 9.17) is 0 Å². The Balaban J connectivity index is 1.68. The standard InChI is InChI=1S/C26H15N7O15S2/c34-19-9-21(49(43,44)45)15-7-11(31(37)38)1-3-13(15)23(19)28-27-17-5-6-18(33(41)42)25(26(17)36)30-29-24-14-4-2-12(32(39)40)8-16(14)22(10-20(24)35)50(46,47)48/h1-10,34-36H,(H,43,44,45)(H,46,47,48). The fraction of sp³-hybridized carbons (Fsp3) is 0. The van der Waals surface area contributed by atoms with Crippen molar-refractivity contribution in [1.29, 1.82) is 0 Å². The number of benzene rings is 5. The van der Waals surface area contributed by atoms with Gasteiger partial charge in [-0.25, -0.2) is 0 Å². The van der Waals surface area contributed by atoms with Gasteiger partial charge in [-0.1, -0.05) is 0 Å². The summed E-state index contributed by atoms with van der Waals surface area (Å²) in [6.45, 7) is 0. The largest absolute Gasteiger partial charge is 0.506 e. The lowest BCUT2D eigenvalue weighted by Crippen LogP contribution is -2.00. The highest BCUT2D eigenvalue weighted by Crippen LogP contribution is 2.48. The zero-order valence-electron chi connectivity index (χ0n) is 24.0. The van der Waals surface area contributed by atoms with Crippen molar-refractivity contribution in [2.75, 3.05) is 0 Å². The van der Waals surface area contributed by atoms with E-state index in [1.54, 1.807) is 0 Å². The summed E-state index contributed by atoms with van der Waals surface area (Å²) in [6, 6.07) is 7.98. The molecule has 0 spiro atoms. The summed E-state index contributed by atoms with van der Waals surface area (Å²) in [4.78, 5) is 29.7. The highest BCUT2D eigenvalue weighted by molar-refractivity contribution is 7.86. The maximum atomic E-state index is 11.9. The maximum absolute atomic E-state index is 11.9. The average Bonchev–Trinajstić information content (AvgIpc) is 3.02. The van der Waals surface area contributed by atoms with Crippen LogP contribution in [0.4, 0.5) is 39.8 Å². The van der Waals surface area contributed by atoms with Crippen LogP contribution in [0, 0.1) is 30.3 Å². The smallest absolute Gasteiger partial charge is 0.300 e. The molecule has 0 fully saturated rings. The van der Waals surface area contributed by atoms with Gasteiger partial charge in [0.25, 0.3) is 31.6 Å². The summed E-state index contributed by atoms with van der Waals surface area (Å²) in [7, 11) is -10.1. The summed E-state index contributed by atoms with van der Waals surface area (Å²) < 4.78 is 67.0. The quantitative estimate of drug-likeness (QED) is 0.0490. The molecule has 0 aliphatic rings. The third-order valence-electron chi connectivity index (χ3n) is 6.86. The van der Waals surface area contributed by atoms with Crippen LogP contribution in [0.2, 0.25) is 0 Å². The Labute approximate surface area is 275 Å². The van der Waals surface area contributed by atoms with Gasteiger partial charge in [-0.05, 0) is 18.2 Å². The Hall–Kier alpha value is -6.76. The van der Waals surface area contributed by atoms with E-state index in [2.05, 4.69) is 20.5 Å². The zero-order valence-corrected chi connectivity index (χ0v) is 25.7. The van der Waals surface area contributed by atoms with Crippen molar-refractivity contribution < 1.29 is 56.0 Å². The lowest BCUT2D eigenvalue weighted by atomic mass is 10.1. The van der Waals surface area contributed by atoms with Crippen LogP contribution in [0.5, 0.6) is 17.2 Å². The SMILES string of the molecule is O=[N+]([O-])c1ccc2c(N=Nc3ccc([N+](=O)[O-])c(N=Nc4c(O)cc(S(=O)(=O)O)c5cc([N+](=O)[O-])ccc45)c3O)c(O)cc(S(=O)(=O)O)c2c1. The number of hydrogen-bond donors (Lipinski definition) is 5. The number of non-ortho nitro benzene ring substituents is 2. The number of azo groups is 2. The van der Waals surface area contributed by atoms with Crippen LogP contribution in [0.3, 0.4) is 0 Å². The molecular formula is C26H15N7O15S2. The van der Waals surface area contributed by atoms with Crippen molar-refractivity contribution >= 4 is 81.6 Å². The molecule has 256 valence electrons.